The number of ether oxygens (including phenoxy) is 1. The summed E-state index contributed by atoms with van der Waals surface area (Å²) in [5.74, 6) is 0.618. The third-order valence-corrected chi connectivity index (χ3v) is 4.18. The minimum Gasteiger partial charge on any atom is -0.483 e. The zero-order chi connectivity index (χ0) is 14.4. The van der Waals surface area contributed by atoms with Crippen LogP contribution in [0.25, 0.3) is 0 Å². The SMILES string of the molecule is NCc1ccc(OCC(=O)NC2CCCCC2)c(Br)c1. The maximum atomic E-state index is 11.8. The van der Waals surface area contributed by atoms with Crippen LogP contribution in [0.2, 0.25) is 0 Å². The molecule has 0 aliphatic heterocycles. The number of carbonyl (C=O) groups is 1. The molecule has 0 saturated heterocycles. The summed E-state index contributed by atoms with van der Waals surface area (Å²) >= 11 is 3.42. The maximum absolute atomic E-state index is 11.8. The molecule has 0 aromatic heterocycles. The molecule has 0 heterocycles. The highest BCUT2D eigenvalue weighted by molar-refractivity contribution is 9.10. The van der Waals surface area contributed by atoms with E-state index in [0.29, 0.717) is 18.3 Å². The molecular weight excluding hydrogens is 320 g/mol. The Morgan fingerprint density at radius 3 is 2.75 bits per heavy atom. The molecule has 1 amide bonds. The van der Waals surface area contributed by atoms with Gasteiger partial charge in [-0.1, -0.05) is 25.3 Å². The molecule has 1 saturated carbocycles. The normalized spacial score (nSPS) is 15.9. The van der Waals surface area contributed by atoms with Crippen molar-refractivity contribution in [2.24, 2.45) is 5.73 Å². The van der Waals surface area contributed by atoms with Gasteiger partial charge in [-0.05, 0) is 46.5 Å². The highest BCUT2D eigenvalue weighted by atomic mass is 79.9. The lowest BCUT2D eigenvalue weighted by molar-refractivity contribution is -0.124. The van der Waals surface area contributed by atoms with Crippen molar-refractivity contribution in [3.05, 3.63) is 28.2 Å². The van der Waals surface area contributed by atoms with Crippen molar-refractivity contribution in [2.45, 2.75) is 44.7 Å². The molecule has 1 aromatic carbocycles. The van der Waals surface area contributed by atoms with Gasteiger partial charge in [0.05, 0.1) is 4.47 Å². The minimum absolute atomic E-state index is 0.0494. The molecule has 0 atom stereocenters. The van der Waals surface area contributed by atoms with Crippen LogP contribution in [0.5, 0.6) is 5.75 Å². The molecular formula is C15H21BrN2O2. The van der Waals surface area contributed by atoms with Crippen LogP contribution in [0.4, 0.5) is 0 Å². The van der Waals surface area contributed by atoms with Crippen LogP contribution in [-0.2, 0) is 11.3 Å². The van der Waals surface area contributed by atoms with Crippen LogP contribution >= 0.6 is 15.9 Å². The molecule has 0 radical (unpaired) electrons. The Morgan fingerprint density at radius 2 is 2.10 bits per heavy atom. The second kappa shape index (κ2) is 7.64. The number of hydrogen-bond acceptors (Lipinski definition) is 3. The van der Waals surface area contributed by atoms with Crippen LogP contribution < -0.4 is 15.8 Å². The molecule has 0 unspecified atom stereocenters. The van der Waals surface area contributed by atoms with Gasteiger partial charge in [-0.3, -0.25) is 4.79 Å². The highest BCUT2D eigenvalue weighted by Gasteiger charge is 2.16. The van der Waals surface area contributed by atoms with Crippen molar-refractivity contribution in [3.8, 4) is 5.75 Å². The van der Waals surface area contributed by atoms with Crippen LogP contribution in [0, 0.1) is 0 Å². The van der Waals surface area contributed by atoms with E-state index in [1.165, 1.54) is 19.3 Å². The van der Waals surface area contributed by atoms with Crippen molar-refractivity contribution in [2.75, 3.05) is 6.61 Å². The second-order valence-electron chi connectivity index (χ2n) is 5.16. The Balaban J connectivity index is 1.80. The Labute approximate surface area is 128 Å². The van der Waals surface area contributed by atoms with Crippen molar-refractivity contribution in [1.82, 2.24) is 5.32 Å². The van der Waals surface area contributed by atoms with Crippen LogP contribution in [0.15, 0.2) is 22.7 Å². The number of amides is 1. The van der Waals surface area contributed by atoms with Gasteiger partial charge in [0, 0.05) is 12.6 Å². The number of benzene rings is 1. The van der Waals surface area contributed by atoms with Crippen molar-refractivity contribution < 1.29 is 9.53 Å². The fourth-order valence-corrected chi connectivity index (χ4v) is 2.99. The van der Waals surface area contributed by atoms with E-state index >= 15 is 0 Å². The lowest BCUT2D eigenvalue weighted by Gasteiger charge is -2.22. The van der Waals surface area contributed by atoms with E-state index in [2.05, 4.69) is 21.2 Å². The monoisotopic (exact) mass is 340 g/mol. The average Bonchev–Trinajstić information content (AvgIpc) is 2.47. The summed E-state index contributed by atoms with van der Waals surface area (Å²) in [5, 5.41) is 3.03. The molecule has 110 valence electrons. The van der Waals surface area contributed by atoms with E-state index in [1.54, 1.807) is 0 Å². The van der Waals surface area contributed by atoms with Gasteiger partial charge >= 0.3 is 0 Å². The summed E-state index contributed by atoms with van der Waals surface area (Å²) in [5.41, 5.74) is 6.59. The fraction of sp³-hybridized carbons (Fsp3) is 0.533. The molecule has 5 heteroatoms. The first kappa shape index (κ1) is 15.3. The van der Waals surface area contributed by atoms with Gasteiger partial charge in [-0.15, -0.1) is 0 Å². The van der Waals surface area contributed by atoms with Crippen LogP contribution in [-0.4, -0.2) is 18.6 Å². The van der Waals surface area contributed by atoms with Crippen molar-refractivity contribution in [1.29, 1.82) is 0 Å². The quantitative estimate of drug-likeness (QED) is 0.866. The Bertz CT molecular complexity index is 459. The van der Waals surface area contributed by atoms with Crippen LogP contribution in [0.3, 0.4) is 0 Å². The lowest BCUT2D eigenvalue weighted by Crippen LogP contribution is -2.39. The summed E-state index contributed by atoms with van der Waals surface area (Å²) in [6, 6.07) is 5.97. The number of nitrogens with two attached hydrogens (primary N) is 1. The Morgan fingerprint density at radius 1 is 1.35 bits per heavy atom. The largest absolute Gasteiger partial charge is 0.483 e. The molecule has 20 heavy (non-hydrogen) atoms. The van der Waals surface area contributed by atoms with E-state index in [4.69, 9.17) is 10.5 Å². The van der Waals surface area contributed by atoms with Gasteiger partial charge in [0.1, 0.15) is 5.75 Å². The highest BCUT2D eigenvalue weighted by Crippen LogP contribution is 2.25. The van der Waals surface area contributed by atoms with E-state index < -0.39 is 0 Å². The number of rotatable bonds is 5. The molecule has 0 spiro atoms. The first-order valence-electron chi connectivity index (χ1n) is 7.09. The first-order valence-corrected chi connectivity index (χ1v) is 7.89. The Kier molecular flexibility index (Phi) is 5.86. The Hall–Kier alpha value is -1.07. The number of nitrogens with one attached hydrogen (secondary N) is 1. The zero-order valence-corrected chi connectivity index (χ0v) is 13.1. The standard InChI is InChI=1S/C15H21BrN2O2/c16-13-8-11(9-17)6-7-14(13)20-10-15(19)18-12-4-2-1-3-5-12/h6-8,12H,1-5,9-10,17H2,(H,18,19). The van der Waals surface area contributed by atoms with Gasteiger partial charge in [0.25, 0.3) is 5.91 Å². The molecule has 2 rings (SSSR count). The number of carbonyl (C=O) groups excluding carboxylic acids is 1. The minimum atomic E-state index is -0.0494. The molecule has 1 aliphatic carbocycles. The summed E-state index contributed by atoms with van der Waals surface area (Å²) < 4.78 is 6.36. The molecule has 3 N–H and O–H groups in total. The van der Waals surface area contributed by atoms with Crippen molar-refractivity contribution in [3.63, 3.8) is 0 Å². The molecule has 1 aliphatic rings. The number of hydrogen-bond donors (Lipinski definition) is 2. The third-order valence-electron chi connectivity index (χ3n) is 3.56. The van der Waals surface area contributed by atoms with Gasteiger partial charge in [-0.2, -0.15) is 0 Å². The van der Waals surface area contributed by atoms with Gasteiger partial charge in [0.15, 0.2) is 6.61 Å². The van der Waals surface area contributed by atoms with E-state index in [9.17, 15) is 4.79 Å². The summed E-state index contributed by atoms with van der Waals surface area (Å²) in [7, 11) is 0. The van der Waals surface area contributed by atoms with Crippen LogP contribution in [0.1, 0.15) is 37.7 Å². The third kappa shape index (κ3) is 4.49. The predicted octanol–water partition coefficient (Wildman–Crippen LogP) is 2.74. The first-order chi connectivity index (χ1) is 9.69. The molecule has 0 bridgehead atoms. The van der Waals surface area contributed by atoms with E-state index in [1.807, 2.05) is 18.2 Å². The number of halogens is 1. The predicted molar refractivity (Wildman–Crippen MR) is 82.5 cm³/mol. The van der Waals surface area contributed by atoms with Gasteiger partial charge in [-0.25, -0.2) is 0 Å². The smallest absolute Gasteiger partial charge is 0.258 e. The average molecular weight is 341 g/mol. The zero-order valence-electron chi connectivity index (χ0n) is 11.5. The molecule has 1 fully saturated rings. The molecule has 1 aromatic rings. The van der Waals surface area contributed by atoms with Crippen molar-refractivity contribution >= 4 is 21.8 Å². The molecule has 4 nitrogen and oxygen atoms in total. The summed E-state index contributed by atoms with van der Waals surface area (Å²) in [6.45, 7) is 0.540. The van der Waals surface area contributed by atoms with E-state index in [0.717, 1.165) is 22.9 Å². The lowest BCUT2D eigenvalue weighted by atomic mass is 9.95. The van der Waals surface area contributed by atoms with Gasteiger partial charge in [0.2, 0.25) is 0 Å². The summed E-state index contributed by atoms with van der Waals surface area (Å²) in [6.07, 6.45) is 5.86. The second-order valence-corrected chi connectivity index (χ2v) is 6.01. The van der Waals surface area contributed by atoms with Gasteiger partial charge < -0.3 is 15.8 Å². The fourth-order valence-electron chi connectivity index (χ4n) is 2.45. The summed E-state index contributed by atoms with van der Waals surface area (Å²) in [4.78, 5) is 11.8. The maximum Gasteiger partial charge on any atom is 0.258 e. The van der Waals surface area contributed by atoms with E-state index in [-0.39, 0.29) is 12.5 Å². The topological polar surface area (TPSA) is 64.3 Å².